The molecule has 12 nitrogen and oxygen atoms in total. The van der Waals surface area contributed by atoms with E-state index in [-0.39, 0.29) is 37.5 Å². The van der Waals surface area contributed by atoms with Crippen molar-refractivity contribution >= 4 is 40.5 Å². The van der Waals surface area contributed by atoms with Crippen molar-refractivity contribution in [1.82, 2.24) is 20.9 Å². The number of nitrogens with one attached hydrogen (secondary N) is 4. The van der Waals surface area contributed by atoms with Crippen LogP contribution in [0.5, 0.6) is 0 Å². The summed E-state index contributed by atoms with van der Waals surface area (Å²) in [5, 5.41) is 18.3. The van der Waals surface area contributed by atoms with Crippen molar-refractivity contribution in [3.8, 4) is 0 Å². The predicted molar refractivity (Wildman–Crippen MR) is 146 cm³/mol. The van der Waals surface area contributed by atoms with Crippen LogP contribution in [0.2, 0.25) is 0 Å². The summed E-state index contributed by atoms with van der Waals surface area (Å²) >= 11 is 0. The summed E-state index contributed by atoms with van der Waals surface area (Å²) in [5.74, 6) is -4.06. The standard InChI is InChI=1S/C27H40N6O6/c1-14(2)11-21(27(38)39)32-25(36)20(12-16-13-30-19-8-6-5-7-17(16)19)31-26(37)23(15(3)4)33-24(35)18(28)9-10-22(29)34/h5-8,13-15,18,20-21,23,30H,9-12,28H2,1-4H3,(H2,29,34)(H,31,37)(H,32,36)(H,33,35)(H,38,39). The number of primary amides is 1. The molecule has 1 heterocycles. The molecule has 39 heavy (non-hydrogen) atoms. The summed E-state index contributed by atoms with van der Waals surface area (Å²) in [5.41, 5.74) is 12.6. The number of aromatic nitrogens is 1. The molecule has 4 atom stereocenters. The van der Waals surface area contributed by atoms with Crippen molar-refractivity contribution in [2.75, 3.05) is 0 Å². The molecule has 0 radical (unpaired) electrons. The molecule has 0 aliphatic heterocycles. The number of aromatic amines is 1. The number of H-pyrrole nitrogens is 1. The van der Waals surface area contributed by atoms with Crippen molar-refractivity contribution in [3.05, 3.63) is 36.0 Å². The summed E-state index contributed by atoms with van der Waals surface area (Å²) in [6.45, 7) is 7.13. The number of carbonyl (C=O) groups excluding carboxylic acids is 4. The number of nitrogens with two attached hydrogens (primary N) is 2. The Bertz CT molecular complexity index is 1180. The van der Waals surface area contributed by atoms with Crippen LogP contribution in [0.3, 0.4) is 0 Å². The first kappa shape index (κ1) is 31.3. The largest absolute Gasteiger partial charge is 0.480 e. The summed E-state index contributed by atoms with van der Waals surface area (Å²) in [7, 11) is 0. The Morgan fingerprint density at radius 2 is 1.56 bits per heavy atom. The Balaban J connectivity index is 2.28. The highest BCUT2D eigenvalue weighted by molar-refractivity contribution is 5.95. The second kappa shape index (κ2) is 14.3. The Labute approximate surface area is 227 Å². The summed E-state index contributed by atoms with van der Waals surface area (Å²) in [6.07, 6.45) is 1.96. The highest BCUT2D eigenvalue weighted by Gasteiger charge is 2.32. The lowest BCUT2D eigenvalue weighted by Gasteiger charge is -2.27. The smallest absolute Gasteiger partial charge is 0.326 e. The van der Waals surface area contributed by atoms with Crippen LogP contribution in [0.25, 0.3) is 10.9 Å². The van der Waals surface area contributed by atoms with Gasteiger partial charge in [0.2, 0.25) is 23.6 Å². The van der Waals surface area contributed by atoms with E-state index in [4.69, 9.17) is 11.5 Å². The van der Waals surface area contributed by atoms with E-state index in [0.717, 1.165) is 16.5 Å². The van der Waals surface area contributed by atoms with E-state index in [1.54, 1.807) is 20.0 Å². The second-order valence-electron chi connectivity index (χ2n) is 10.5. The van der Waals surface area contributed by atoms with Crippen LogP contribution in [0.1, 0.15) is 52.5 Å². The number of carbonyl (C=O) groups is 5. The van der Waals surface area contributed by atoms with Gasteiger partial charge in [-0.25, -0.2) is 4.79 Å². The van der Waals surface area contributed by atoms with E-state index < -0.39 is 53.8 Å². The van der Waals surface area contributed by atoms with Crippen LogP contribution in [0.15, 0.2) is 30.5 Å². The third-order valence-corrected chi connectivity index (χ3v) is 6.34. The molecule has 214 valence electrons. The number of hydrogen-bond acceptors (Lipinski definition) is 6. The first-order valence-electron chi connectivity index (χ1n) is 13.0. The van der Waals surface area contributed by atoms with Crippen LogP contribution in [-0.2, 0) is 30.4 Å². The molecule has 1 aromatic heterocycles. The number of rotatable bonds is 15. The Morgan fingerprint density at radius 1 is 0.923 bits per heavy atom. The van der Waals surface area contributed by atoms with Crippen molar-refractivity contribution in [3.63, 3.8) is 0 Å². The Kier molecular flexibility index (Phi) is 11.5. The first-order chi connectivity index (χ1) is 18.3. The number of amides is 4. The molecule has 0 spiro atoms. The maximum atomic E-state index is 13.4. The third-order valence-electron chi connectivity index (χ3n) is 6.34. The molecule has 12 heteroatoms. The minimum atomic E-state index is -1.17. The maximum Gasteiger partial charge on any atom is 0.326 e. The number of carboxylic acid groups (broad SMARTS) is 1. The van der Waals surface area contributed by atoms with Gasteiger partial charge in [0.05, 0.1) is 6.04 Å². The van der Waals surface area contributed by atoms with E-state index >= 15 is 0 Å². The fourth-order valence-electron chi connectivity index (χ4n) is 4.18. The van der Waals surface area contributed by atoms with Gasteiger partial charge in [-0.05, 0) is 36.3 Å². The van der Waals surface area contributed by atoms with Gasteiger partial charge in [-0.3, -0.25) is 19.2 Å². The molecule has 4 unspecified atom stereocenters. The number of fused-ring (bicyclic) bond motifs is 1. The van der Waals surface area contributed by atoms with Crippen molar-refractivity contribution in [2.45, 2.75) is 77.5 Å². The molecule has 0 fully saturated rings. The van der Waals surface area contributed by atoms with E-state index in [2.05, 4.69) is 20.9 Å². The zero-order chi connectivity index (χ0) is 29.3. The van der Waals surface area contributed by atoms with E-state index in [1.807, 2.05) is 38.1 Å². The fraction of sp³-hybridized carbons (Fsp3) is 0.519. The quantitative estimate of drug-likeness (QED) is 0.169. The van der Waals surface area contributed by atoms with Gasteiger partial charge in [0.15, 0.2) is 0 Å². The molecule has 0 saturated carbocycles. The summed E-state index contributed by atoms with van der Waals surface area (Å²) in [6, 6.07) is 3.11. The third kappa shape index (κ3) is 9.40. The van der Waals surface area contributed by atoms with Gasteiger partial charge in [0.1, 0.15) is 18.1 Å². The molecular formula is C27H40N6O6. The molecule has 2 aromatic rings. The normalized spacial score (nSPS) is 14.4. The number of para-hydroxylation sites is 1. The predicted octanol–water partition coefficient (Wildman–Crippen LogP) is 0.544. The lowest BCUT2D eigenvalue weighted by Crippen LogP contribution is -2.59. The van der Waals surface area contributed by atoms with Crippen LogP contribution < -0.4 is 27.4 Å². The number of carboxylic acids is 1. The molecule has 4 amide bonds. The van der Waals surface area contributed by atoms with E-state index in [0.29, 0.717) is 0 Å². The number of benzene rings is 1. The zero-order valence-electron chi connectivity index (χ0n) is 22.8. The minimum absolute atomic E-state index is 0.00682. The van der Waals surface area contributed by atoms with Gasteiger partial charge < -0.3 is 37.5 Å². The highest BCUT2D eigenvalue weighted by Crippen LogP contribution is 2.19. The van der Waals surface area contributed by atoms with Crippen LogP contribution in [-0.4, -0.2) is 63.9 Å². The second-order valence-corrected chi connectivity index (χ2v) is 10.5. The minimum Gasteiger partial charge on any atom is -0.480 e. The van der Waals surface area contributed by atoms with Gasteiger partial charge in [-0.1, -0.05) is 45.9 Å². The van der Waals surface area contributed by atoms with Gasteiger partial charge in [-0.2, -0.15) is 0 Å². The zero-order valence-corrected chi connectivity index (χ0v) is 22.8. The number of aliphatic carboxylic acids is 1. The molecule has 2 rings (SSSR count). The average molecular weight is 545 g/mol. The monoisotopic (exact) mass is 544 g/mol. The van der Waals surface area contributed by atoms with Gasteiger partial charge in [0, 0.05) is 29.9 Å². The molecule has 0 saturated heterocycles. The summed E-state index contributed by atoms with van der Waals surface area (Å²) < 4.78 is 0. The van der Waals surface area contributed by atoms with Crippen molar-refractivity contribution in [2.24, 2.45) is 23.3 Å². The van der Waals surface area contributed by atoms with E-state index in [1.165, 1.54) is 0 Å². The number of hydrogen-bond donors (Lipinski definition) is 7. The molecule has 0 bridgehead atoms. The SMILES string of the molecule is CC(C)CC(NC(=O)C(Cc1c[nH]c2ccccc12)NC(=O)C(NC(=O)C(N)CCC(N)=O)C(C)C)C(=O)O. The van der Waals surface area contributed by atoms with Crippen molar-refractivity contribution in [1.29, 1.82) is 0 Å². The molecule has 0 aliphatic carbocycles. The van der Waals surface area contributed by atoms with Gasteiger partial charge in [0.25, 0.3) is 0 Å². The van der Waals surface area contributed by atoms with E-state index in [9.17, 15) is 29.1 Å². The lowest BCUT2D eigenvalue weighted by atomic mass is 9.99. The van der Waals surface area contributed by atoms with Gasteiger partial charge in [-0.15, -0.1) is 0 Å². The van der Waals surface area contributed by atoms with Crippen molar-refractivity contribution < 1.29 is 29.1 Å². The Morgan fingerprint density at radius 3 is 2.15 bits per heavy atom. The van der Waals surface area contributed by atoms with Crippen LogP contribution in [0.4, 0.5) is 0 Å². The Hall–Kier alpha value is -3.93. The fourth-order valence-corrected chi connectivity index (χ4v) is 4.18. The van der Waals surface area contributed by atoms with Gasteiger partial charge >= 0.3 is 5.97 Å². The summed E-state index contributed by atoms with van der Waals surface area (Å²) in [4.78, 5) is 65.3. The first-order valence-corrected chi connectivity index (χ1v) is 13.0. The molecule has 9 N–H and O–H groups in total. The molecule has 0 aliphatic rings. The van der Waals surface area contributed by atoms with Crippen LogP contribution >= 0.6 is 0 Å². The average Bonchev–Trinajstić information content (AvgIpc) is 3.26. The topological polar surface area (TPSA) is 210 Å². The molecule has 1 aromatic carbocycles. The van der Waals surface area contributed by atoms with Crippen LogP contribution in [0, 0.1) is 11.8 Å². The lowest BCUT2D eigenvalue weighted by molar-refractivity contribution is -0.142. The maximum absolute atomic E-state index is 13.4. The highest BCUT2D eigenvalue weighted by atomic mass is 16.4. The molecular weight excluding hydrogens is 504 g/mol.